The lowest BCUT2D eigenvalue weighted by atomic mass is 10.1. The van der Waals surface area contributed by atoms with Crippen LogP contribution in [-0.2, 0) is 18.2 Å². The fourth-order valence-electron chi connectivity index (χ4n) is 3.57. The molecule has 0 aliphatic carbocycles. The summed E-state index contributed by atoms with van der Waals surface area (Å²) in [6, 6.07) is 6.72. The van der Waals surface area contributed by atoms with Crippen LogP contribution in [0.1, 0.15) is 52.9 Å². The van der Waals surface area contributed by atoms with Gasteiger partial charge in [-0.25, -0.2) is 4.79 Å². The van der Waals surface area contributed by atoms with Gasteiger partial charge in [0.15, 0.2) is 0 Å². The Hall–Kier alpha value is -3.60. The zero-order valence-corrected chi connectivity index (χ0v) is 17.4. The lowest BCUT2D eigenvalue weighted by Crippen LogP contribution is -2.36. The molecule has 2 aromatic rings. The van der Waals surface area contributed by atoms with Crippen molar-refractivity contribution >= 4 is 23.6 Å². The number of aromatic nitrogens is 2. The highest BCUT2D eigenvalue weighted by molar-refractivity contribution is 6.21. The third-order valence-corrected chi connectivity index (χ3v) is 4.87. The standard InChI is InChI=1S/C22H22N4O4/c1-22(2,3)30-21(29)25-13-11-16-18(25)17(24(4)23-16)10-7-12-26-19(27)14-8-5-6-9-15(14)20(26)28/h5-6,8-9H,11-13H2,1-4H3. The van der Waals surface area contributed by atoms with Gasteiger partial charge in [-0.1, -0.05) is 18.1 Å². The van der Waals surface area contributed by atoms with E-state index in [1.54, 1.807) is 40.9 Å². The molecule has 1 aromatic heterocycles. The van der Waals surface area contributed by atoms with Crippen LogP contribution in [0.5, 0.6) is 0 Å². The highest BCUT2D eigenvalue weighted by Crippen LogP contribution is 2.32. The normalized spacial score (nSPS) is 15.1. The van der Waals surface area contributed by atoms with Gasteiger partial charge in [-0.2, -0.15) is 5.10 Å². The van der Waals surface area contributed by atoms with E-state index in [1.807, 2.05) is 20.8 Å². The maximum atomic E-state index is 12.6. The summed E-state index contributed by atoms with van der Waals surface area (Å²) in [4.78, 5) is 40.2. The molecular weight excluding hydrogens is 384 g/mol. The minimum absolute atomic E-state index is 0.0429. The van der Waals surface area contributed by atoms with E-state index in [2.05, 4.69) is 16.9 Å². The number of carbonyl (C=O) groups excluding carboxylic acids is 3. The summed E-state index contributed by atoms with van der Waals surface area (Å²) in [6.07, 6.45) is 0.167. The number of fused-ring (bicyclic) bond motifs is 2. The van der Waals surface area contributed by atoms with Gasteiger partial charge in [0.05, 0.1) is 23.4 Å². The Bertz CT molecular complexity index is 1100. The topological polar surface area (TPSA) is 84.7 Å². The monoisotopic (exact) mass is 406 g/mol. The Morgan fingerprint density at radius 3 is 2.40 bits per heavy atom. The van der Waals surface area contributed by atoms with Gasteiger partial charge in [0.1, 0.15) is 17.0 Å². The van der Waals surface area contributed by atoms with E-state index >= 15 is 0 Å². The number of hydrogen-bond donors (Lipinski definition) is 0. The van der Waals surface area contributed by atoms with E-state index in [9.17, 15) is 14.4 Å². The van der Waals surface area contributed by atoms with E-state index in [0.717, 1.165) is 10.6 Å². The number of amides is 3. The van der Waals surface area contributed by atoms with Crippen LogP contribution in [0.25, 0.3) is 0 Å². The lowest BCUT2D eigenvalue weighted by Gasteiger charge is -2.24. The number of ether oxygens (including phenoxy) is 1. The summed E-state index contributed by atoms with van der Waals surface area (Å²) < 4.78 is 7.10. The van der Waals surface area contributed by atoms with Gasteiger partial charge in [0.2, 0.25) is 0 Å². The molecule has 2 aliphatic rings. The number of anilines is 1. The van der Waals surface area contributed by atoms with Crippen LogP contribution in [0.15, 0.2) is 24.3 Å². The predicted octanol–water partition coefficient (Wildman–Crippen LogP) is 2.37. The zero-order valence-electron chi connectivity index (χ0n) is 17.4. The Kier molecular flexibility index (Phi) is 4.61. The molecule has 0 spiro atoms. The van der Waals surface area contributed by atoms with E-state index in [0.29, 0.717) is 35.5 Å². The smallest absolute Gasteiger partial charge is 0.414 e. The molecule has 0 saturated heterocycles. The van der Waals surface area contributed by atoms with Gasteiger partial charge in [0.25, 0.3) is 11.8 Å². The summed E-state index contributed by atoms with van der Waals surface area (Å²) in [5.41, 5.74) is 2.11. The molecule has 0 bridgehead atoms. The number of imide groups is 1. The second-order valence-electron chi connectivity index (χ2n) is 8.19. The maximum Gasteiger partial charge on any atom is 0.414 e. The molecule has 0 radical (unpaired) electrons. The van der Waals surface area contributed by atoms with Crippen molar-refractivity contribution in [2.45, 2.75) is 32.8 Å². The number of rotatable bonds is 1. The summed E-state index contributed by atoms with van der Waals surface area (Å²) >= 11 is 0. The first-order valence-corrected chi connectivity index (χ1v) is 9.68. The van der Waals surface area contributed by atoms with Crippen molar-refractivity contribution in [1.29, 1.82) is 0 Å². The minimum Gasteiger partial charge on any atom is -0.443 e. The second kappa shape index (κ2) is 7.02. The van der Waals surface area contributed by atoms with E-state index in [-0.39, 0.29) is 18.4 Å². The van der Waals surface area contributed by atoms with E-state index in [4.69, 9.17) is 4.74 Å². The van der Waals surface area contributed by atoms with Crippen molar-refractivity contribution in [2.24, 2.45) is 7.05 Å². The SMILES string of the molecule is Cn1nc2c(c1C#CCN1C(=O)c3ccccc3C1=O)N(C(=O)OC(C)(C)C)CC2. The van der Waals surface area contributed by atoms with Gasteiger partial charge in [-0.05, 0) is 38.8 Å². The number of nitrogens with zero attached hydrogens (tertiary/aromatic N) is 4. The van der Waals surface area contributed by atoms with E-state index < -0.39 is 11.7 Å². The van der Waals surface area contributed by atoms with Gasteiger partial charge in [-0.3, -0.25) is 24.1 Å². The molecule has 3 amide bonds. The molecular formula is C22H22N4O4. The quantitative estimate of drug-likeness (QED) is 0.536. The van der Waals surface area contributed by atoms with Crippen LogP contribution in [0.4, 0.5) is 10.5 Å². The van der Waals surface area contributed by atoms with Crippen LogP contribution in [0.2, 0.25) is 0 Å². The molecule has 154 valence electrons. The van der Waals surface area contributed by atoms with E-state index in [1.165, 1.54) is 0 Å². The first-order valence-electron chi connectivity index (χ1n) is 9.68. The van der Waals surface area contributed by atoms with Crippen molar-refractivity contribution in [1.82, 2.24) is 14.7 Å². The Morgan fingerprint density at radius 2 is 1.80 bits per heavy atom. The fourth-order valence-corrected chi connectivity index (χ4v) is 3.57. The molecule has 0 unspecified atom stereocenters. The molecule has 2 aliphatic heterocycles. The third kappa shape index (κ3) is 3.32. The minimum atomic E-state index is -0.612. The molecule has 30 heavy (non-hydrogen) atoms. The molecule has 1 aromatic carbocycles. The van der Waals surface area contributed by atoms with Crippen LogP contribution < -0.4 is 4.90 Å². The van der Waals surface area contributed by atoms with Crippen molar-refractivity contribution in [3.05, 3.63) is 46.8 Å². The molecule has 0 saturated carbocycles. The molecule has 3 heterocycles. The Labute approximate surface area is 174 Å². The third-order valence-electron chi connectivity index (χ3n) is 4.87. The van der Waals surface area contributed by atoms with Gasteiger partial charge in [0, 0.05) is 20.0 Å². The highest BCUT2D eigenvalue weighted by atomic mass is 16.6. The van der Waals surface area contributed by atoms with Crippen molar-refractivity contribution in [3.8, 4) is 11.8 Å². The van der Waals surface area contributed by atoms with Gasteiger partial charge in [-0.15, -0.1) is 0 Å². The molecule has 8 heteroatoms. The van der Waals surface area contributed by atoms with Crippen LogP contribution in [0, 0.1) is 11.8 Å². The average molecular weight is 406 g/mol. The average Bonchev–Trinajstić information content (AvgIpc) is 3.28. The molecule has 0 fully saturated rings. The molecule has 0 atom stereocenters. The van der Waals surface area contributed by atoms with Crippen LogP contribution >= 0.6 is 0 Å². The summed E-state index contributed by atoms with van der Waals surface area (Å²) in [5, 5.41) is 4.45. The predicted molar refractivity (Wildman–Crippen MR) is 109 cm³/mol. The Balaban J connectivity index is 1.57. The maximum absolute atomic E-state index is 12.6. The lowest BCUT2D eigenvalue weighted by molar-refractivity contribution is 0.0582. The first kappa shape index (κ1) is 19.7. The molecule has 4 rings (SSSR count). The highest BCUT2D eigenvalue weighted by Gasteiger charge is 2.35. The largest absolute Gasteiger partial charge is 0.443 e. The summed E-state index contributed by atoms with van der Waals surface area (Å²) in [7, 11) is 1.75. The zero-order chi connectivity index (χ0) is 21.6. The summed E-state index contributed by atoms with van der Waals surface area (Å²) in [6.45, 7) is 5.87. The van der Waals surface area contributed by atoms with Crippen molar-refractivity contribution in [2.75, 3.05) is 18.0 Å². The van der Waals surface area contributed by atoms with Crippen molar-refractivity contribution < 1.29 is 19.1 Å². The van der Waals surface area contributed by atoms with Crippen molar-refractivity contribution in [3.63, 3.8) is 0 Å². The fraction of sp³-hybridized carbons (Fsp3) is 0.364. The molecule has 0 N–H and O–H groups in total. The number of aryl methyl sites for hydroxylation is 1. The van der Waals surface area contributed by atoms with Gasteiger partial charge < -0.3 is 4.74 Å². The summed E-state index contributed by atoms with van der Waals surface area (Å²) in [5.74, 6) is 5.19. The van der Waals surface area contributed by atoms with Crippen LogP contribution in [-0.4, -0.2) is 51.3 Å². The molecule has 8 nitrogen and oxygen atoms in total. The number of carbonyl (C=O) groups is 3. The number of hydrogen-bond acceptors (Lipinski definition) is 5. The second-order valence-corrected chi connectivity index (χ2v) is 8.19. The number of benzene rings is 1. The van der Waals surface area contributed by atoms with Gasteiger partial charge >= 0.3 is 6.09 Å². The first-order chi connectivity index (χ1) is 14.2. The Morgan fingerprint density at radius 1 is 1.17 bits per heavy atom. The van der Waals surface area contributed by atoms with Crippen LogP contribution in [0.3, 0.4) is 0 Å².